The highest BCUT2D eigenvalue weighted by atomic mass is 16.5. The number of nitrogens with one attached hydrogen (secondary N) is 1. The summed E-state index contributed by atoms with van der Waals surface area (Å²) in [6.07, 6.45) is 2.95. The first kappa shape index (κ1) is 20.1. The molecule has 0 unspecified atom stereocenters. The Morgan fingerprint density at radius 1 is 1.03 bits per heavy atom. The van der Waals surface area contributed by atoms with E-state index in [0.29, 0.717) is 24.2 Å². The molecule has 0 radical (unpaired) electrons. The molecule has 4 rings (SSSR count). The molecule has 2 amide bonds. The molecule has 1 N–H and O–H groups in total. The summed E-state index contributed by atoms with van der Waals surface area (Å²) in [6.45, 7) is 3.15. The van der Waals surface area contributed by atoms with E-state index in [1.807, 2.05) is 48.5 Å². The van der Waals surface area contributed by atoms with Crippen molar-refractivity contribution >= 4 is 29.2 Å². The standard InChI is InChI=1S/C24H26N2O4/c1-23(2,17-10-4-3-5-11-17)22(29)30-16-20(27)26-19-13-7-6-12-18(19)25-21(28)24(26)14-8-9-15-24/h3-7,10-13H,8-9,14-16H2,1-2H3,(H,25,28). The van der Waals surface area contributed by atoms with Gasteiger partial charge in [0.2, 0.25) is 0 Å². The number of carbonyl (C=O) groups is 3. The number of esters is 1. The highest BCUT2D eigenvalue weighted by molar-refractivity contribution is 6.15. The summed E-state index contributed by atoms with van der Waals surface area (Å²) in [4.78, 5) is 40.6. The zero-order valence-corrected chi connectivity index (χ0v) is 17.3. The smallest absolute Gasteiger partial charge is 0.316 e. The molecule has 2 aromatic carbocycles. The molecule has 0 saturated heterocycles. The Morgan fingerprint density at radius 3 is 2.37 bits per heavy atom. The van der Waals surface area contributed by atoms with Crippen LogP contribution in [-0.2, 0) is 24.5 Å². The van der Waals surface area contributed by atoms with Gasteiger partial charge in [0.25, 0.3) is 11.8 Å². The van der Waals surface area contributed by atoms with Crippen LogP contribution in [0.25, 0.3) is 0 Å². The Balaban J connectivity index is 1.57. The van der Waals surface area contributed by atoms with Gasteiger partial charge in [0.15, 0.2) is 6.61 Å². The van der Waals surface area contributed by atoms with Crippen LogP contribution in [0, 0.1) is 0 Å². The molecule has 6 nitrogen and oxygen atoms in total. The van der Waals surface area contributed by atoms with Gasteiger partial charge in [-0.25, -0.2) is 0 Å². The zero-order valence-electron chi connectivity index (χ0n) is 17.3. The van der Waals surface area contributed by atoms with E-state index in [-0.39, 0.29) is 11.8 Å². The Labute approximate surface area is 176 Å². The summed E-state index contributed by atoms with van der Waals surface area (Å²) in [5.41, 5.74) is 0.278. The zero-order chi connectivity index (χ0) is 21.4. The first-order valence-corrected chi connectivity index (χ1v) is 10.3. The van der Waals surface area contributed by atoms with E-state index in [1.54, 1.807) is 24.8 Å². The lowest BCUT2D eigenvalue weighted by Gasteiger charge is -2.44. The van der Waals surface area contributed by atoms with Crippen molar-refractivity contribution in [2.75, 3.05) is 16.8 Å². The summed E-state index contributed by atoms with van der Waals surface area (Å²) in [5.74, 6) is -1.02. The van der Waals surface area contributed by atoms with Crippen LogP contribution in [0.1, 0.15) is 45.1 Å². The summed E-state index contributed by atoms with van der Waals surface area (Å²) >= 11 is 0. The number of hydrogen-bond donors (Lipinski definition) is 1. The number of anilines is 2. The molecule has 2 aliphatic rings. The Hall–Kier alpha value is -3.15. The topological polar surface area (TPSA) is 75.7 Å². The fraction of sp³-hybridized carbons (Fsp3) is 0.375. The van der Waals surface area contributed by atoms with Gasteiger partial charge in [-0.05, 0) is 44.4 Å². The molecule has 1 aliphatic carbocycles. The third kappa shape index (κ3) is 3.26. The Bertz CT molecular complexity index is 978. The van der Waals surface area contributed by atoms with Gasteiger partial charge in [0.05, 0.1) is 16.8 Å². The summed E-state index contributed by atoms with van der Waals surface area (Å²) in [6, 6.07) is 16.6. The fourth-order valence-electron chi connectivity index (χ4n) is 4.47. The van der Waals surface area contributed by atoms with E-state index in [4.69, 9.17) is 4.74 Å². The number of fused-ring (bicyclic) bond motifs is 1. The molecular weight excluding hydrogens is 380 g/mol. The molecule has 1 aliphatic heterocycles. The van der Waals surface area contributed by atoms with Gasteiger partial charge in [0.1, 0.15) is 5.54 Å². The molecule has 0 atom stereocenters. The Morgan fingerprint density at radius 2 is 1.67 bits per heavy atom. The molecule has 1 saturated carbocycles. The van der Waals surface area contributed by atoms with Crippen molar-refractivity contribution < 1.29 is 19.1 Å². The van der Waals surface area contributed by atoms with Crippen molar-refractivity contribution in [3.63, 3.8) is 0 Å². The van der Waals surface area contributed by atoms with Gasteiger partial charge in [-0.1, -0.05) is 55.3 Å². The fourth-order valence-corrected chi connectivity index (χ4v) is 4.47. The average Bonchev–Trinajstić information content (AvgIpc) is 3.23. The van der Waals surface area contributed by atoms with Gasteiger partial charge in [0, 0.05) is 0 Å². The molecule has 156 valence electrons. The number of nitrogens with zero attached hydrogens (tertiary/aromatic N) is 1. The quantitative estimate of drug-likeness (QED) is 0.784. The van der Waals surface area contributed by atoms with Gasteiger partial charge < -0.3 is 10.1 Å². The number of ether oxygens (including phenoxy) is 1. The molecule has 0 bridgehead atoms. The SMILES string of the molecule is CC(C)(C(=O)OCC(=O)N1c2ccccc2NC(=O)C12CCCC2)c1ccccc1. The molecule has 30 heavy (non-hydrogen) atoms. The minimum absolute atomic E-state index is 0.164. The van der Waals surface area contributed by atoms with Crippen molar-refractivity contribution in [1.29, 1.82) is 0 Å². The van der Waals surface area contributed by atoms with Crippen LogP contribution in [-0.4, -0.2) is 29.9 Å². The summed E-state index contributed by atoms with van der Waals surface area (Å²) in [7, 11) is 0. The molecular formula is C24H26N2O4. The van der Waals surface area contributed by atoms with Crippen LogP contribution in [0.15, 0.2) is 54.6 Å². The van der Waals surface area contributed by atoms with Crippen molar-refractivity contribution in [2.24, 2.45) is 0 Å². The summed E-state index contributed by atoms with van der Waals surface area (Å²) in [5, 5.41) is 2.95. The molecule has 2 aromatic rings. The normalized spacial score (nSPS) is 17.4. The van der Waals surface area contributed by atoms with Crippen LogP contribution in [0.3, 0.4) is 0 Å². The van der Waals surface area contributed by atoms with Crippen molar-refractivity contribution in [2.45, 2.75) is 50.5 Å². The number of hydrogen-bond acceptors (Lipinski definition) is 4. The monoisotopic (exact) mass is 406 g/mol. The molecule has 1 spiro atoms. The minimum Gasteiger partial charge on any atom is -0.455 e. The maximum absolute atomic E-state index is 13.3. The molecule has 1 fully saturated rings. The third-order valence-corrected chi connectivity index (χ3v) is 6.26. The first-order chi connectivity index (χ1) is 14.4. The molecule has 6 heteroatoms. The predicted molar refractivity (Wildman–Crippen MR) is 114 cm³/mol. The second-order valence-electron chi connectivity index (χ2n) is 8.51. The lowest BCUT2D eigenvalue weighted by atomic mass is 9.85. The van der Waals surface area contributed by atoms with Gasteiger partial charge in [-0.15, -0.1) is 0 Å². The van der Waals surface area contributed by atoms with Crippen molar-refractivity contribution in [1.82, 2.24) is 0 Å². The second kappa shape index (κ2) is 7.59. The van der Waals surface area contributed by atoms with E-state index in [1.165, 1.54) is 0 Å². The molecule has 1 heterocycles. The lowest BCUT2D eigenvalue weighted by Crippen LogP contribution is -2.61. The highest BCUT2D eigenvalue weighted by Gasteiger charge is 2.52. The Kier molecular flexibility index (Phi) is 5.10. The third-order valence-electron chi connectivity index (χ3n) is 6.26. The summed E-state index contributed by atoms with van der Waals surface area (Å²) < 4.78 is 5.47. The van der Waals surface area contributed by atoms with Crippen LogP contribution in [0.2, 0.25) is 0 Å². The number of benzene rings is 2. The second-order valence-corrected chi connectivity index (χ2v) is 8.51. The predicted octanol–water partition coefficient (Wildman–Crippen LogP) is 3.81. The van der Waals surface area contributed by atoms with Gasteiger partial charge in [-0.3, -0.25) is 19.3 Å². The van der Waals surface area contributed by atoms with Crippen LogP contribution >= 0.6 is 0 Å². The average molecular weight is 406 g/mol. The minimum atomic E-state index is -0.910. The van der Waals surface area contributed by atoms with Crippen LogP contribution in [0.4, 0.5) is 11.4 Å². The number of rotatable bonds is 4. The number of para-hydroxylation sites is 2. The largest absolute Gasteiger partial charge is 0.455 e. The van der Waals surface area contributed by atoms with E-state index in [2.05, 4.69) is 5.32 Å². The van der Waals surface area contributed by atoms with Crippen LogP contribution in [0.5, 0.6) is 0 Å². The maximum atomic E-state index is 13.3. The van der Waals surface area contributed by atoms with Crippen molar-refractivity contribution in [3.8, 4) is 0 Å². The van der Waals surface area contributed by atoms with E-state index >= 15 is 0 Å². The highest BCUT2D eigenvalue weighted by Crippen LogP contribution is 2.45. The maximum Gasteiger partial charge on any atom is 0.316 e. The van der Waals surface area contributed by atoms with E-state index in [9.17, 15) is 14.4 Å². The number of carbonyl (C=O) groups excluding carboxylic acids is 3. The van der Waals surface area contributed by atoms with E-state index in [0.717, 1.165) is 18.4 Å². The number of amides is 2. The van der Waals surface area contributed by atoms with Gasteiger partial charge in [-0.2, -0.15) is 0 Å². The van der Waals surface area contributed by atoms with E-state index < -0.39 is 23.5 Å². The first-order valence-electron chi connectivity index (χ1n) is 10.3. The van der Waals surface area contributed by atoms with Crippen LogP contribution < -0.4 is 10.2 Å². The molecule has 0 aromatic heterocycles. The lowest BCUT2D eigenvalue weighted by molar-refractivity contribution is -0.153. The van der Waals surface area contributed by atoms with Gasteiger partial charge >= 0.3 is 5.97 Å². The van der Waals surface area contributed by atoms with Crippen molar-refractivity contribution in [3.05, 3.63) is 60.2 Å².